The first-order valence-electron chi connectivity index (χ1n) is 4.37. The van der Waals surface area contributed by atoms with Crippen molar-refractivity contribution in [1.29, 1.82) is 0 Å². The molecule has 2 atom stereocenters. The summed E-state index contributed by atoms with van der Waals surface area (Å²) in [6.07, 6.45) is -11.9. The van der Waals surface area contributed by atoms with Gasteiger partial charge in [0.05, 0.1) is 0 Å². The molecule has 0 spiro atoms. The summed E-state index contributed by atoms with van der Waals surface area (Å²) in [7, 11) is 0. The molecule has 0 fully saturated rings. The highest BCUT2D eigenvalue weighted by Gasteiger charge is 2.77. The van der Waals surface area contributed by atoms with E-state index in [2.05, 4.69) is 0 Å². The Labute approximate surface area is 90.8 Å². The van der Waals surface area contributed by atoms with Crippen LogP contribution in [0.25, 0.3) is 0 Å². The van der Waals surface area contributed by atoms with E-state index in [1.807, 2.05) is 0 Å². The quantitative estimate of drug-likeness (QED) is 0.672. The van der Waals surface area contributed by atoms with Gasteiger partial charge in [0.1, 0.15) is 5.67 Å². The van der Waals surface area contributed by atoms with Crippen molar-refractivity contribution in [2.75, 3.05) is 0 Å². The minimum atomic E-state index is -6.66. The lowest BCUT2D eigenvalue weighted by atomic mass is 9.91. The molecule has 0 aromatic carbocycles. The standard InChI is InChI=1S/C8H9F9/c1-3-5(2,10)4(9)6(11,12)7(13,14)8(15,16)17/h4H,3H2,1-2H3. The Morgan fingerprint density at radius 2 is 1.24 bits per heavy atom. The van der Waals surface area contributed by atoms with Crippen LogP contribution in [0, 0.1) is 0 Å². The van der Waals surface area contributed by atoms with Crippen LogP contribution in [-0.2, 0) is 0 Å². The molecule has 104 valence electrons. The first-order valence-corrected chi connectivity index (χ1v) is 4.37. The number of halogens is 9. The van der Waals surface area contributed by atoms with Gasteiger partial charge in [-0.2, -0.15) is 30.7 Å². The van der Waals surface area contributed by atoms with Crippen molar-refractivity contribution in [2.45, 2.75) is 50.1 Å². The highest BCUT2D eigenvalue weighted by molar-refractivity contribution is 5.02. The van der Waals surface area contributed by atoms with Crippen molar-refractivity contribution in [3.8, 4) is 0 Å². The third kappa shape index (κ3) is 2.62. The average molecular weight is 276 g/mol. The van der Waals surface area contributed by atoms with Gasteiger partial charge in [0.25, 0.3) is 0 Å². The lowest BCUT2D eigenvalue weighted by molar-refractivity contribution is -0.372. The van der Waals surface area contributed by atoms with Crippen molar-refractivity contribution < 1.29 is 39.5 Å². The topological polar surface area (TPSA) is 0 Å². The molecule has 0 rings (SSSR count). The van der Waals surface area contributed by atoms with E-state index in [0.717, 1.165) is 6.92 Å². The van der Waals surface area contributed by atoms with Gasteiger partial charge < -0.3 is 0 Å². The molecule has 0 aliphatic rings. The van der Waals surface area contributed by atoms with Gasteiger partial charge in [0, 0.05) is 0 Å². The summed E-state index contributed by atoms with van der Waals surface area (Å²) < 4.78 is 111. The highest BCUT2D eigenvalue weighted by atomic mass is 19.4. The van der Waals surface area contributed by atoms with Crippen molar-refractivity contribution >= 4 is 0 Å². The van der Waals surface area contributed by atoms with Gasteiger partial charge in [-0.1, -0.05) is 6.92 Å². The summed E-state index contributed by atoms with van der Waals surface area (Å²) in [6.45, 7) is 1.03. The molecule has 0 aliphatic heterocycles. The van der Waals surface area contributed by atoms with Gasteiger partial charge in [-0.25, -0.2) is 8.78 Å². The van der Waals surface area contributed by atoms with Gasteiger partial charge >= 0.3 is 18.0 Å². The Morgan fingerprint density at radius 3 is 1.47 bits per heavy atom. The maximum Gasteiger partial charge on any atom is 0.459 e. The van der Waals surface area contributed by atoms with Crippen molar-refractivity contribution in [3.05, 3.63) is 0 Å². The van der Waals surface area contributed by atoms with Crippen molar-refractivity contribution in [2.24, 2.45) is 0 Å². The van der Waals surface area contributed by atoms with Crippen molar-refractivity contribution in [1.82, 2.24) is 0 Å². The number of hydrogen-bond acceptors (Lipinski definition) is 0. The van der Waals surface area contributed by atoms with Gasteiger partial charge in [0.15, 0.2) is 0 Å². The van der Waals surface area contributed by atoms with Crippen LogP contribution in [0.2, 0.25) is 0 Å². The fraction of sp³-hybridized carbons (Fsp3) is 1.00. The van der Waals surface area contributed by atoms with E-state index >= 15 is 0 Å². The Hall–Kier alpha value is -0.630. The number of rotatable bonds is 4. The second kappa shape index (κ2) is 4.24. The first-order chi connectivity index (χ1) is 7.22. The molecule has 0 nitrogen and oxygen atoms in total. The zero-order chi connectivity index (χ0) is 14.3. The third-order valence-corrected chi connectivity index (χ3v) is 2.31. The first kappa shape index (κ1) is 16.4. The Balaban J connectivity index is 5.42. The minimum absolute atomic E-state index is 0.192. The molecule has 0 aliphatic carbocycles. The molecule has 0 radical (unpaired) electrons. The molecule has 0 bridgehead atoms. The molecule has 17 heavy (non-hydrogen) atoms. The summed E-state index contributed by atoms with van der Waals surface area (Å²) in [6, 6.07) is 0. The Bertz CT molecular complexity index is 265. The molecule has 0 saturated heterocycles. The summed E-state index contributed by atoms with van der Waals surface area (Å²) >= 11 is 0. The summed E-state index contributed by atoms with van der Waals surface area (Å²) in [4.78, 5) is 0. The molecule has 0 aromatic heterocycles. The maximum atomic E-state index is 13.1. The molecule has 9 heteroatoms. The van der Waals surface area contributed by atoms with E-state index in [-0.39, 0.29) is 6.92 Å². The normalized spacial score (nSPS) is 19.9. The van der Waals surface area contributed by atoms with Crippen molar-refractivity contribution in [3.63, 3.8) is 0 Å². The summed E-state index contributed by atoms with van der Waals surface area (Å²) in [5.41, 5.74) is -3.49. The SMILES string of the molecule is CCC(C)(F)C(F)C(F)(F)C(F)(F)C(F)(F)F. The molecule has 0 amide bonds. The summed E-state index contributed by atoms with van der Waals surface area (Å²) in [5.74, 6) is -12.8. The number of alkyl halides is 9. The summed E-state index contributed by atoms with van der Waals surface area (Å²) in [5, 5.41) is 0. The van der Waals surface area contributed by atoms with Crippen LogP contribution in [0.4, 0.5) is 39.5 Å². The molecule has 0 saturated carbocycles. The van der Waals surface area contributed by atoms with Crippen LogP contribution in [0.5, 0.6) is 0 Å². The zero-order valence-corrected chi connectivity index (χ0v) is 8.69. The second-order valence-corrected chi connectivity index (χ2v) is 3.69. The largest absolute Gasteiger partial charge is 0.459 e. The van der Waals surface area contributed by atoms with Crippen LogP contribution in [-0.4, -0.2) is 29.9 Å². The van der Waals surface area contributed by atoms with Crippen LogP contribution >= 0.6 is 0 Å². The molecular weight excluding hydrogens is 267 g/mol. The monoisotopic (exact) mass is 276 g/mol. The smallest absolute Gasteiger partial charge is 0.241 e. The maximum absolute atomic E-state index is 13.1. The minimum Gasteiger partial charge on any atom is -0.241 e. The van der Waals surface area contributed by atoms with E-state index in [1.165, 1.54) is 0 Å². The lowest BCUT2D eigenvalue weighted by Gasteiger charge is -2.35. The fourth-order valence-electron chi connectivity index (χ4n) is 0.905. The molecule has 2 unspecified atom stereocenters. The van der Waals surface area contributed by atoms with Crippen LogP contribution in [0.1, 0.15) is 20.3 Å². The molecule has 0 N–H and O–H groups in total. The molecule has 0 heterocycles. The number of hydrogen-bond donors (Lipinski definition) is 0. The van der Waals surface area contributed by atoms with E-state index < -0.39 is 36.3 Å². The molecular formula is C8H9F9. The van der Waals surface area contributed by atoms with Gasteiger partial charge in [-0.15, -0.1) is 0 Å². The van der Waals surface area contributed by atoms with E-state index in [4.69, 9.17) is 0 Å². The predicted molar refractivity (Wildman–Crippen MR) is 40.6 cm³/mol. The van der Waals surface area contributed by atoms with Gasteiger partial charge in [0.2, 0.25) is 6.17 Å². The third-order valence-electron chi connectivity index (χ3n) is 2.31. The average Bonchev–Trinajstić information content (AvgIpc) is 2.14. The molecule has 0 aromatic rings. The Kier molecular flexibility index (Phi) is 4.08. The highest BCUT2D eigenvalue weighted by Crippen LogP contribution is 2.51. The van der Waals surface area contributed by atoms with Crippen LogP contribution in [0.15, 0.2) is 0 Å². The zero-order valence-electron chi connectivity index (χ0n) is 8.69. The van der Waals surface area contributed by atoms with Gasteiger partial charge in [-0.3, -0.25) is 0 Å². The Morgan fingerprint density at radius 1 is 0.882 bits per heavy atom. The lowest BCUT2D eigenvalue weighted by Crippen LogP contribution is -2.61. The van der Waals surface area contributed by atoms with Crippen LogP contribution in [0.3, 0.4) is 0 Å². The van der Waals surface area contributed by atoms with E-state index in [0.29, 0.717) is 0 Å². The predicted octanol–water partition coefficient (Wildman–Crippen LogP) is 4.30. The fourth-order valence-corrected chi connectivity index (χ4v) is 0.905. The van der Waals surface area contributed by atoms with E-state index in [9.17, 15) is 39.5 Å². The van der Waals surface area contributed by atoms with Gasteiger partial charge in [-0.05, 0) is 13.3 Å². The van der Waals surface area contributed by atoms with E-state index in [1.54, 1.807) is 0 Å². The van der Waals surface area contributed by atoms with Crippen LogP contribution < -0.4 is 0 Å². The second-order valence-electron chi connectivity index (χ2n) is 3.69.